The SMILES string of the molecule is Cl.ONCCCCCCNO. The summed E-state index contributed by atoms with van der Waals surface area (Å²) in [5.74, 6) is 0. The topological polar surface area (TPSA) is 64.5 Å². The van der Waals surface area contributed by atoms with Crippen molar-refractivity contribution in [3.63, 3.8) is 0 Å². The van der Waals surface area contributed by atoms with Gasteiger partial charge in [0.1, 0.15) is 0 Å². The van der Waals surface area contributed by atoms with Crippen molar-refractivity contribution in [2.75, 3.05) is 13.1 Å². The summed E-state index contributed by atoms with van der Waals surface area (Å²) in [6.45, 7) is 1.32. The Hall–Kier alpha value is 0.130. The van der Waals surface area contributed by atoms with E-state index in [1.54, 1.807) is 0 Å². The minimum Gasteiger partial charge on any atom is -0.317 e. The predicted molar refractivity (Wildman–Crippen MR) is 45.3 cm³/mol. The first-order valence-electron chi connectivity index (χ1n) is 3.65. The maximum atomic E-state index is 8.17. The van der Waals surface area contributed by atoms with Gasteiger partial charge in [-0.15, -0.1) is 12.4 Å². The Kier molecular flexibility index (Phi) is 15.9. The molecule has 0 aliphatic rings. The lowest BCUT2D eigenvalue weighted by Gasteiger charge is -1.98. The Morgan fingerprint density at radius 1 is 0.727 bits per heavy atom. The van der Waals surface area contributed by atoms with Crippen molar-refractivity contribution in [3.8, 4) is 0 Å². The molecule has 0 bridgehead atoms. The minimum absolute atomic E-state index is 0. The van der Waals surface area contributed by atoms with E-state index in [0.717, 1.165) is 25.7 Å². The monoisotopic (exact) mass is 184 g/mol. The van der Waals surface area contributed by atoms with Crippen LogP contribution in [0.5, 0.6) is 0 Å². The van der Waals surface area contributed by atoms with Gasteiger partial charge in [0.2, 0.25) is 0 Å². The number of hydroxylamine groups is 2. The third kappa shape index (κ3) is 13.2. The molecule has 4 N–H and O–H groups in total. The summed E-state index contributed by atoms with van der Waals surface area (Å²) >= 11 is 0. The highest BCUT2D eigenvalue weighted by molar-refractivity contribution is 5.85. The van der Waals surface area contributed by atoms with E-state index in [1.165, 1.54) is 0 Å². The Bertz CT molecular complexity index is 58.5. The highest BCUT2D eigenvalue weighted by Crippen LogP contribution is 1.96. The molecule has 11 heavy (non-hydrogen) atoms. The van der Waals surface area contributed by atoms with E-state index >= 15 is 0 Å². The number of hydrogen-bond acceptors (Lipinski definition) is 4. The average molecular weight is 185 g/mol. The van der Waals surface area contributed by atoms with Crippen LogP contribution >= 0.6 is 12.4 Å². The molecule has 0 rings (SSSR count). The second kappa shape index (κ2) is 12.8. The third-order valence-electron chi connectivity index (χ3n) is 1.33. The summed E-state index contributed by atoms with van der Waals surface area (Å²) < 4.78 is 0. The Balaban J connectivity index is 0. The molecule has 4 nitrogen and oxygen atoms in total. The molecule has 0 aromatic heterocycles. The van der Waals surface area contributed by atoms with E-state index in [2.05, 4.69) is 11.0 Å². The number of halogens is 1. The predicted octanol–water partition coefficient (Wildman–Crippen LogP) is 0.926. The Labute approximate surface area is 73.3 Å². The van der Waals surface area contributed by atoms with Crippen LogP contribution < -0.4 is 11.0 Å². The van der Waals surface area contributed by atoms with E-state index in [1.807, 2.05) is 0 Å². The lowest BCUT2D eigenvalue weighted by atomic mass is 10.2. The molecule has 0 amide bonds. The molecule has 0 aliphatic carbocycles. The van der Waals surface area contributed by atoms with Gasteiger partial charge in [0.05, 0.1) is 0 Å². The number of nitrogens with one attached hydrogen (secondary N) is 2. The van der Waals surface area contributed by atoms with Gasteiger partial charge >= 0.3 is 0 Å². The van der Waals surface area contributed by atoms with Crippen LogP contribution in [0.15, 0.2) is 0 Å². The van der Waals surface area contributed by atoms with Gasteiger partial charge in [-0.2, -0.15) is 0 Å². The summed E-state index contributed by atoms with van der Waals surface area (Å²) in [6, 6.07) is 0. The zero-order chi connectivity index (χ0) is 7.66. The van der Waals surface area contributed by atoms with Crippen molar-refractivity contribution in [1.29, 1.82) is 0 Å². The minimum atomic E-state index is 0. The van der Waals surface area contributed by atoms with Crippen molar-refractivity contribution < 1.29 is 10.4 Å². The summed E-state index contributed by atoms with van der Waals surface area (Å²) in [7, 11) is 0. The van der Waals surface area contributed by atoms with Crippen molar-refractivity contribution in [2.45, 2.75) is 25.7 Å². The molecule has 0 aliphatic heterocycles. The zero-order valence-electron chi connectivity index (χ0n) is 6.55. The fourth-order valence-corrected chi connectivity index (χ4v) is 0.762. The van der Waals surface area contributed by atoms with Crippen LogP contribution in [-0.4, -0.2) is 23.5 Å². The fourth-order valence-electron chi connectivity index (χ4n) is 0.762. The lowest BCUT2D eigenvalue weighted by molar-refractivity contribution is 0.160. The average Bonchev–Trinajstić information content (AvgIpc) is 1.97. The Morgan fingerprint density at radius 3 is 1.36 bits per heavy atom. The molecule has 70 valence electrons. The molecule has 0 saturated carbocycles. The van der Waals surface area contributed by atoms with Crippen LogP contribution in [-0.2, 0) is 0 Å². The highest BCUT2D eigenvalue weighted by Gasteiger charge is 1.87. The second-order valence-electron chi connectivity index (χ2n) is 2.23. The molecule has 5 heteroatoms. The van der Waals surface area contributed by atoms with Crippen molar-refractivity contribution in [2.24, 2.45) is 0 Å². The van der Waals surface area contributed by atoms with Crippen LogP contribution in [0.2, 0.25) is 0 Å². The maximum absolute atomic E-state index is 8.17. The van der Waals surface area contributed by atoms with Crippen LogP contribution in [0.4, 0.5) is 0 Å². The molecule has 0 radical (unpaired) electrons. The van der Waals surface area contributed by atoms with Crippen LogP contribution in [0.25, 0.3) is 0 Å². The van der Waals surface area contributed by atoms with E-state index in [4.69, 9.17) is 10.4 Å². The van der Waals surface area contributed by atoms with E-state index in [-0.39, 0.29) is 12.4 Å². The van der Waals surface area contributed by atoms with E-state index < -0.39 is 0 Å². The summed E-state index contributed by atoms with van der Waals surface area (Å²) in [4.78, 5) is 0. The number of unbranched alkanes of at least 4 members (excludes halogenated alkanes) is 3. The zero-order valence-corrected chi connectivity index (χ0v) is 7.36. The molecule has 0 spiro atoms. The highest BCUT2D eigenvalue weighted by atomic mass is 35.5. The van der Waals surface area contributed by atoms with Gasteiger partial charge in [0, 0.05) is 13.1 Å². The standard InChI is InChI=1S/C6H16N2O2.ClH/c9-7-5-3-1-2-4-6-8-10;/h7-10H,1-6H2;1H. The van der Waals surface area contributed by atoms with E-state index in [9.17, 15) is 0 Å². The molecule has 0 unspecified atom stereocenters. The van der Waals surface area contributed by atoms with Crippen LogP contribution in [0.1, 0.15) is 25.7 Å². The summed E-state index contributed by atoms with van der Waals surface area (Å²) in [5.41, 5.74) is 4.19. The van der Waals surface area contributed by atoms with Gasteiger partial charge in [-0.05, 0) is 12.8 Å². The van der Waals surface area contributed by atoms with Crippen LogP contribution in [0.3, 0.4) is 0 Å². The molecular weight excluding hydrogens is 168 g/mol. The molecule has 0 fully saturated rings. The Morgan fingerprint density at radius 2 is 1.09 bits per heavy atom. The normalized spacial score (nSPS) is 9.27. The van der Waals surface area contributed by atoms with Crippen molar-refractivity contribution >= 4 is 12.4 Å². The molecule has 0 atom stereocenters. The van der Waals surface area contributed by atoms with Crippen molar-refractivity contribution in [3.05, 3.63) is 0 Å². The van der Waals surface area contributed by atoms with Crippen molar-refractivity contribution in [1.82, 2.24) is 11.0 Å². The van der Waals surface area contributed by atoms with Gasteiger partial charge in [0.15, 0.2) is 0 Å². The number of rotatable bonds is 7. The third-order valence-corrected chi connectivity index (χ3v) is 1.33. The van der Waals surface area contributed by atoms with Gasteiger partial charge in [-0.25, -0.2) is 11.0 Å². The van der Waals surface area contributed by atoms with Crippen LogP contribution in [0, 0.1) is 0 Å². The molecule has 0 aromatic carbocycles. The number of hydrogen-bond donors (Lipinski definition) is 4. The summed E-state index contributed by atoms with van der Waals surface area (Å²) in [5, 5.41) is 16.3. The molecule has 0 aromatic rings. The first kappa shape index (κ1) is 13.7. The summed E-state index contributed by atoms with van der Waals surface area (Å²) in [6.07, 6.45) is 4.16. The fraction of sp³-hybridized carbons (Fsp3) is 1.00. The van der Waals surface area contributed by atoms with Gasteiger partial charge in [0.25, 0.3) is 0 Å². The lowest BCUT2D eigenvalue weighted by Crippen LogP contribution is -2.10. The quantitative estimate of drug-likeness (QED) is 0.351. The first-order valence-corrected chi connectivity index (χ1v) is 3.65. The first-order chi connectivity index (χ1) is 4.91. The van der Waals surface area contributed by atoms with Gasteiger partial charge in [-0.1, -0.05) is 12.8 Å². The smallest absolute Gasteiger partial charge is 0.0207 e. The van der Waals surface area contributed by atoms with E-state index in [0.29, 0.717) is 13.1 Å². The molecule has 0 saturated heterocycles. The maximum Gasteiger partial charge on any atom is 0.0207 e. The van der Waals surface area contributed by atoms with Gasteiger partial charge < -0.3 is 10.4 Å². The molecular formula is C6H17ClN2O2. The molecule has 0 heterocycles. The largest absolute Gasteiger partial charge is 0.317 e. The second-order valence-corrected chi connectivity index (χ2v) is 2.23. The van der Waals surface area contributed by atoms with Gasteiger partial charge in [-0.3, -0.25) is 0 Å².